The number of carbonyl (C=O) groups is 1. The van der Waals surface area contributed by atoms with E-state index in [2.05, 4.69) is 20.6 Å². The molecule has 0 spiro atoms. The van der Waals surface area contributed by atoms with Gasteiger partial charge in [0.1, 0.15) is 11.9 Å². The van der Waals surface area contributed by atoms with Gasteiger partial charge in [0.2, 0.25) is 11.0 Å². The predicted molar refractivity (Wildman–Crippen MR) is 96.5 cm³/mol. The molecule has 0 fully saturated rings. The second-order valence-corrected chi connectivity index (χ2v) is 6.65. The topological polar surface area (TPSA) is 119 Å². The number of nitrogens with zero attached hydrogens (tertiary/aromatic N) is 3. The van der Waals surface area contributed by atoms with Gasteiger partial charge in [0.05, 0.1) is 4.92 Å². The second-order valence-electron chi connectivity index (χ2n) is 6.30. The number of hydrogen-bond acceptors (Lipinski definition) is 7. The molecule has 0 aliphatic rings. The van der Waals surface area contributed by atoms with Gasteiger partial charge in [-0.15, -0.1) is 0 Å². The molecule has 0 saturated heterocycles. The maximum Gasteiger partial charge on any atom is 0.407 e. The fraction of sp³-hybridized carbons (Fsp3) is 0.312. The average molecular weight is 380 g/mol. The minimum Gasteiger partial charge on any atom is -0.444 e. The summed E-state index contributed by atoms with van der Waals surface area (Å²) in [7, 11) is 0. The van der Waals surface area contributed by atoms with E-state index in [9.17, 15) is 14.9 Å². The molecule has 2 aromatic rings. The number of alkyl carbamates (subject to hydrolysis) is 1. The van der Waals surface area contributed by atoms with Gasteiger partial charge in [-0.3, -0.25) is 10.1 Å². The Kier molecular flexibility index (Phi) is 5.93. The normalized spacial score (nSPS) is 10.9. The van der Waals surface area contributed by atoms with Crippen LogP contribution in [0.15, 0.2) is 30.6 Å². The maximum atomic E-state index is 11.6. The van der Waals surface area contributed by atoms with E-state index >= 15 is 0 Å². The first-order valence-corrected chi connectivity index (χ1v) is 8.01. The third-order valence-electron chi connectivity index (χ3n) is 3.01. The quantitative estimate of drug-likeness (QED) is 0.460. The smallest absolute Gasteiger partial charge is 0.407 e. The Labute approximate surface area is 154 Å². The van der Waals surface area contributed by atoms with Gasteiger partial charge in [-0.05, 0) is 38.5 Å². The molecule has 0 aliphatic heterocycles. The van der Waals surface area contributed by atoms with Gasteiger partial charge < -0.3 is 15.4 Å². The largest absolute Gasteiger partial charge is 0.444 e. The lowest BCUT2D eigenvalue weighted by Gasteiger charge is -2.19. The minimum atomic E-state index is -0.649. The van der Waals surface area contributed by atoms with Gasteiger partial charge in [0.15, 0.2) is 0 Å². The molecule has 1 heterocycles. The first-order chi connectivity index (χ1) is 12.2. The SMILES string of the molecule is CC(C)(C)OC(=O)NCc1ccc(Nc2ncnc(Cl)c2[N+](=O)[O-])cc1. The standard InChI is InChI=1S/C16H18ClN5O4/c1-16(2,3)26-15(23)18-8-10-4-6-11(7-5-10)21-14-12(22(24)25)13(17)19-9-20-14/h4-7,9H,8H2,1-3H3,(H,18,23)(H,19,20,21). The summed E-state index contributed by atoms with van der Waals surface area (Å²) in [6.07, 6.45) is 0.627. The van der Waals surface area contributed by atoms with Gasteiger partial charge >= 0.3 is 11.8 Å². The van der Waals surface area contributed by atoms with Crippen molar-refractivity contribution in [3.63, 3.8) is 0 Å². The Bertz CT molecular complexity index is 805. The van der Waals surface area contributed by atoms with Gasteiger partial charge in [0, 0.05) is 12.2 Å². The molecule has 0 saturated carbocycles. The average Bonchev–Trinajstić information content (AvgIpc) is 2.52. The summed E-state index contributed by atoms with van der Waals surface area (Å²) in [6, 6.07) is 6.92. The number of nitrogens with one attached hydrogen (secondary N) is 2. The number of hydrogen-bond donors (Lipinski definition) is 2. The highest BCUT2D eigenvalue weighted by Gasteiger charge is 2.21. The Morgan fingerprint density at radius 1 is 1.27 bits per heavy atom. The molecule has 1 aromatic carbocycles. The molecule has 1 aromatic heterocycles. The van der Waals surface area contributed by atoms with E-state index in [0.717, 1.165) is 11.9 Å². The van der Waals surface area contributed by atoms with Gasteiger partial charge in [-0.25, -0.2) is 14.8 Å². The molecule has 10 heteroatoms. The van der Waals surface area contributed by atoms with E-state index in [1.54, 1.807) is 45.0 Å². The number of nitro groups is 1. The van der Waals surface area contributed by atoms with Crippen molar-refractivity contribution in [3.8, 4) is 0 Å². The number of halogens is 1. The third-order valence-corrected chi connectivity index (χ3v) is 3.29. The molecule has 0 bridgehead atoms. The van der Waals surface area contributed by atoms with Gasteiger partial charge in [-0.2, -0.15) is 0 Å². The highest BCUT2D eigenvalue weighted by Crippen LogP contribution is 2.30. The highest BCUT2D eigenvalue weighted by atomic mass is 35.5. The Balaban J connectivity index is 2.01. The van der Waals surface area contributed by atoms with Crippen LogP contribution in [0.2, 0.25) is 5.15 Å². The van der Waals surface area contributed by atoms with E-state index in [1.165, 1.54) is 0 Å². The van der Waals surface area contributed by atoms with E-state index < -0.39 is 22.3 Å². The number of anilines is 2. The molecule has 138 valence electrons. The second kappa shape index (κ2) is 7.96. The lowest BCUT2D eigenvalue weighted by molar-refractivity contribution is -0.384. The Morgan fingerprint density at radius 2 is 1.92 bits per heavy atom. The van der Waals surface area contributed by atoms with Crippen LogP contribution >= 0.6 is 11.6 Å². The zero-order valence-corrected chi connectivity index (χ0v) is 15.2. The molecule has 0 radical (unpaired) electrons. The number of rotatable bonds is 5. The summed E-state index contributed by atoms with van der Waals surface area (Å²) in [5.41, 5.74) is 0.441. The van der Waals surface area contributed by atoms with Crippen LogP contribution in [-0.4, -0.2) is 26.6 Å². The van der Waals surface area contributed by atoms with E-state index in [0.29, 0.717) is 5.69 Å². The first kappa shape index (κ1) is 19.4. The van der Waals surface area contributed by atoms with E-state index in [-0.39, 0.29) is 17.5 Å². The summed E-state index contributed by atoms with van der Waals surface area (Å²) >= 11 is 5.75. The molecule has 2 N–H and O–H groups in total. The van der Waals surface area contributed by atoms with E-state index in [4.69, 9.17) is 16.3 Å². The van der Waals surface area contributed by atoms with Crippen molar-refractivity contribution in [2.24, 2.45) is 0 Å². The van der Waals surface area contributed by atoms with Crippen LogP contribution < -0.4 is 10.6 Å². The molecule has 26 heavy (non-hydrogen) atoms. The molecule has 2 rings (SSSR count). The molecule has 9 nitrogen and oxygen atoms in total. The number of carbonyl (C=O) groups excluding carboxylic acids is 1. The fourth-order valence-corrected chi connectivity index (χ4v) is 2.14. The molecule has 0 atom stereocenters. The minimum absolute atomic E-state index is 0.00497. The Hall–Kier alpha value is -2.94. The van der Waals surface area contributed by atoms with Crippen molar-refractivity contribution in [2.45, 2.75) is 32.9 Å². The van der Waals surface area contributed by atoms with Crippen molar-refractivity contribution >= 4 is 34.9 Å². The van der Waals surface area contributed by atoms with Crippen LogP contribution in [0.3, 0.4) is 0 Å². The lowest BCUT2D eigenvalue weighted by atomic mass is 10.2. The fourth-order valence-electron chi connectivity index (χ4n) is 1.94. The first-order valence-electron chi connectivity index (χ1n) is 7.63. The van der Waals surface area contributed by atoms with Crippen LogP contribution in [0, 0.1) is 10.1 Å². The monoisotopic (exact) mass is 379 g/mol. The van der Waals surface area contributed by atoms with Crippen molar-refractivity contribution in [1.29, 1.82) is 0 Å². The van der Waals surface area contributed by atoms with Crippen molar-refractivity contribution in [2.75, 3.05) is 5.32 Å². The summed E-state index contributed by atoms with van der Waals surface area (Å²) in [5, 5.41) is 16.3. The zero-order valence-electron chi connectivity index (χ0n) is 14.4. The number of amides is 1. The number of aromatic nitrogens is 2. The molecular formula is C16H18ClN5O4. The predicted octanol–water partition coefficient (Wildman–Crippen LogP) is 3.81. The van der Waals surface area contributed by atoms with Crippen LogP contribution in [0.25, 0.3) is 0 Å². The van der Waals surface area contributed by atoms with E-state index in [1.807, 2.05) is 0 Å². The Morgan fingerprint density at radius 3 is 2.50 bits per heavy atom. The summed E-state index contributed by atoms with van der Waals surface area (Å²) in [5.74, 6) is -0.00497. The maximum absolute atomic E-state index is 11.6. The lowest BCUT2D eigenvalue weighted by Crippen LogP contribution is -2.32. The van der Waals surface area contributed by atoms with Crippen LogP contribution in [-0.2, 0) is 11.3 Å². The molecular weight excluding hydrogens is 362 g/mol. The van der Waals surface area contributed by atoms with Gasteiger partial charge in [-0.1, -0.05) is 23.7 Å². The summed E-state index contributed by atoms with van der Waals surface area (Å²) in [4.78, 5) is 29.5. The molecule has 0 unspecified atom stereocenters. The zero-order chi connectivity index (χ0) is 19.3. The highest BCUT2D eigenvalue weighted by molar-refractivity contribution is 6.31. The van der Waals surface area contributed by atoms with Crippen molar-refractivity contribution in [1.82, 2.24) is 15.3 Å². The number of benzene rings is 1. The molecule has 0 aliphatic carbocycles. The number of ether oxygens (including phenoxy) is 1. The third kappa shape index (κ3) is 5.55. The van der Waals surface area contributed by atoms with Crippen molar-refractivity contribution < 1.29 is 14.5 Å². The van der Waals surface area contributed by atoms with Crippen molar-refractivity contribution in [3.05, 3.63) is 51.4 Å². The summed E-state index contributed by atoms with van der Waals surface area (Å²) in [6.45, 7) is 5.64. The van der Waals surface area contributed by atoms with Gasteiger partial charge in [0.25, 0.3) is 0 Å². The van der Waals surface area contributed by atoms with Crippen LogP contribution in [0.5, 0.6) is 0 Å². The van der Waals surface area contributed by atoms with Crippen LogP contribution in [0.4, 0.5) is 22.0 Å². The molecule has 1 amide bonds. The van der Waals surface area contributed by atoms with Crippen LogP contribution in [0.1, 0.15) is 26.3 Å². The summed E-state index contributed by atoms with van der Waals surface area (Å²) < 4.78 is 5.16.